The minimum atomic E-state index is 0.329. The second kappa shape index (κ2) is 7.46. The van der Waals surface area contributed by atoms with E-state index in [0.717, 1.165) is 17.3 Å². The molecule has 0 aliphatic heterocycles. The van der Waals surface area contributed by atoms with Gasteiger partial charge in [0, 0.05) is 16.6 Å². The summed E-state index contributed by atoms with van der Waals surface area (Å²) in [6.45, 7) is 9.78. The van der Waals surface area contributed by atoms with Crippen molar-refractivity contribution in [2.24, 2.45) is 0 Å². The van der Waals surface area contributed by atoms with E-state index in [1.807, 2.05) is 12.2 Å². The van der Waals surface area contributed by atoms with Gasteiger partial charge < -0.3 is 5.32 Å². The molecule has 0 radical (unpaired) electrons. The van der Waals surface area contributed by atoms with Crippen molar-refractivity contribution in [1.82, 2.24) is 5.32 Å². The maximum absolute atomic E-state index is 3.83. The topological polar surface area (TPSA) is 12.0 Å². The summed E-state index contributed by atoms with van der Waals surface area (Å²) in [6.07, 6.45) is 5.82. The fourth-order valence-electron chi connectivity index (χ4n) is 1.82. The summed E-state index contributed by atoms with van der Waals surface area (Å²) in [4.78, 5) is 0. The van der Waals surface area contributed by atoms with Gasteiger partial charge in [-0.1, -0.05) is 40.2 Å². The molecule has 1 aromatic carbocycles. The molecular weight excluding hydrogens is 274 g/mol. The Balaban J connectivity index is 2.73. The molecule has 2 unspecified atom stereocenters. The number of nitrogens with one attached hydrogen (secondary N) is 1. The molecule has 0 bridgehead atoms. The monoisotopic (exact) mass is 293 g/mol. The lowest BCUT2D eigenvalue weighted by Gasteiger charge is -2.22. The van der Waals surface area contributed by atoms with Gasteiger partial charge in [-0.15, -0.1) is 13.2 Å². The SMILES string of the molecule is C=CCC(C)NC(CC=C)c1ccc(Br)cc1. The Morgan fingerprint density at radius 1 is 1.18 bits per heavy atom. The average Bonchev–Trinajstić information content (AvgIpc) is 2.30. The third-order valence-electron chi connectivity index (χ3n) is 2.68. The van der Waals surface area contributed by atoms with Gasteiger partial charge in [0.15, 0.2) is 0 Å². The lowest BCUT2D eigenvalue weighted by molar-refractivity contribution is 0.460. The first kappa shape index (κ1) is 14.2. The zero-order valence-electron chi connectivity index (χ0n) is 10.3. The van der Waals surface area contributed by atoms with Crippen molar-refractivity contribution in [2.45, 2.75) is 31.8 Å². The van der Waals surface area contributed by atoms with E-state index in [2.05, 4.69) is 65.6 Å². The molecule has 1 N–H and O–H groups in total. The maximum Gasteiger partial charge on any atom is 0.0357 e. The van der Waals surface area contributed by atoms with E-state index in [4.69, 9.17) is 0 Å². The van der Waals surface area contributed by atoms with Gasteiger partial charge >= 0.3 is 0 Å². The summed E-state index contributed by atoms with van der Waals surface area (Å²) < 4.78 is 1.11. The fraction of sp³-hybridized carbons (Fsp3) is 0.333. The largest absolute Gasteiger partial charge is 0.307 e. The molecule has 2 atom stereocenters. The van der Waals surface area contributed by atoms with Gasteiger partial charge in [-0.05, 0) is 37.5 Å². The highest BCUT2D eigenvalue weighted by molar-refractivity contribution is 9.10. The lowest BCUT2D eigenvalue weighted by atomic mass is 10.0. The molecule has 0 aliphatic rings. The van der Waals surface area contributed by atoms with Gasteiger partial charge in [0.1, 0.15) is 0 Å². The standard InChI is InChI=1S/C15H20BrN/c1-4-6-12(3)17-15(7-5-2)13-8-10-14(16)11-9-13/h4-5,8-12,15,17H,1-2,6-7H2,3H3. The van der Waals surface area contributed by atoms with Crippen LogP contribution in [-0.2, 0) is 0 Å². The fourth-order valence-corrected chi connectivity index (χ4v) is 2.09. The molecule has 0 saturated carbocycles. The molecule has 0 saturated heterocycles. The molecule has 0 heterocycles. The van der Waals surface area contributed by atoms with Crippen LogP contribution < -0.4 is 5.32 Å². The van der Waals surface area contributed by atoms with Crippen LogP contribution in [0, 0.1) is 0 Å². The summed E-state index contributed by atoms with van der Waals surface area (Å²) in [5.74, 6) is 0. The number of halogens is 1. The van der Waals surface area contributed by atoms with Gasteiger partial charge in [-0.2, -0.15) is 0 Å². The maximum atomic E-state index is 3.83. The van der Waals surface area contributed by atoms with Gasteiger partial charge in [0.05, 0.1) is 0 Å². The van der Waals surface area contributed by atoms with Crippen molar-refractivity contribution in [3.05, 3.63) is 59.6 Å². The van der Waals surface area contributed by atoms with Crippen LogP contribution in [0.3, 0.4) is 0 Å². The Hall–Kier alpha value is -0.860. The van der Waals surface area contributed by atoms with E-state index < -0.39 is 0 Å². The van der Waals surface area contributed by atoms with Crippen LogP contribution >= 0.6 is 15.9 Å². The van der Waals surface area contributed by atoms with Crippen LogP contribution in [0.25, 0.3) is 0 Å². The van der Waals surface area contributed by atoms with E-state index in [1.54, 1.807) is 0 Å². The van der Waals surface area contributed by atoms with Crippen LogP contribution in [-0.4, -0.2) is 6.04 Å². The van der Waals surface area contributed by atoms with Crippen molar-refractivity contribution in [1.29, 1.82) is 0 Å². The highest BCUT2D eigenvalue weighted by atomic mass is 79.9. The summed E-state index contributed by atoms with van der Waals surface area (Å²) >= 11 is 3.46. The molecule has 0 amide bonds. The molecule has 1 rings (SSSR count). The summed E-state index contributed by atoms with van der Waals surface area (Å²) in [6, 6.07) is 9.20. The Morgan fingerprint density at radius 2 is 1.76 bits per heavy atom. The lowest BCUT2D eigenvalue weighted by Crippen LogP contribution is -2.29. The molecule has 1 aromatic rings. The molecule has 0 aromatic heterocycles. The van der Waals surface area contributed by atoms with E-state index in [1.165, 1.54) is 5.56 Å². The van der Waals surface area contributed by atoms with E-state index in [0.29, 0.717) is 12.1 Å². The number of hydrogen-bond donors (Lipinski definition) is 1. The van der Waals surface area contributed by atoms with E-state index in [9.17, 15) is 0 Å². The van der Waals surface area contributed by atoms with Crippen molar-refractivity contribution >= 4 is 15.9 Å². The molecule has 0 spiro atoms. The minimum Gasteiger partial charge on any atom is -0.307 e. The first-order valence-electron chi connectivity index (χ1n) is 5.90. The van der Waals surface area contributed by atoms with Crippen molar-refractivity contribution in [2.75, 3.05) is 0 Å². The van der Waals surface area contributed by atoms with Gasteiger partial charge in [0.25, 0.3) is 0 Å². The summed E-state index contributed by atoms with van der Waals surface area (Å²) in [7, 11) is 0. The minimum absolute atomic E-state index is 0.329. The zero-order chi connectivity index (χ0) is 12.7. The van der Waals surface area contributed by atoms with Gasteiger partial charge in [-0.25, -0.2) is 0 Å². The van der Waals surface area contributed by atoms with Crippen molar-refractivity contribution in [3.63, 3.8) is 0 Å². The van der Waals surface area contributed by atoms with Crippen LogP contribution in [0.4, 0.5) is 0 Å². The van der Waals surface area contributed by atoms with Crippen LogP contribution in [0.2, 0.25) is 0 Å². The molecule has 0 fully saturated rings. The summed E-state index contributed by atoms with van der Waals surface area (Å²) in [5, 5.41) is 3.60. The van der Waals surface area contributed by atoms with Crippen LogP contribution in [0.1, 0.15) is 31.4 Å². The van der Waals surface area contributed by atoms with Crippen molar-refractivity contribution < 1.29 is 0 Å². The molecule has 2 heteroatoms. The second-order valence-corrected chi connectivity index (χ2v) is 5.14. The third-order valence-corrected chi connectivity index (χ3v) is 3.21. The normalized spacial score (nSPS) is 14.0. The molecular formula is C15H20BrN. The number of benzene rings is 1. The highest BCUT2D eigenvalue weighted by Crippen LogP contribution is 2.21. The molecule has 92 valence electrons. The Kier molecular flexibility index (Phi) is 6.23. The smallest absolute Gasteiger partial charge is 0.0357 e. The first-order chi connectivity index (χ1) is 8.17. The van der Waals surface area contributed by atoms with E-state index in [-0.39, 0.29) is 0 Å². The Bertz CT molecular complexity index is 356. The quantitative estimate of drug-likeness (QED) is 0.723. The molecule has 0 aliphatic carbocycles. The molecule has 17 heavy (non-hydrogen) atoms. The number of rotatable bonds is 7. The highest BCUT2D eigenvalue weighted by Gasteiger charge is 2.11. The summed E-state index contributed by atoms with van der Waals surface area (Å²) in [5.41, 5.74) is 1.30. The van der Waals surface area contributed by atoms with Gasteiger partial charge in [0.2, 0.25) is 0 Å². The van der Waals surface area contributed by atoms with Crippen molar-refractivity contribution in [3.8, 4) is 0 Å². The van der Waals surface area contributed by atoms with Crippen LogP contribution in [0.5, 0.6) is 0 Å². The number of hydrogen-bond acceptors (Lipinski definition) is 1. The van der Waals surface area contributed by atoms with Gasteiger partial charge in [-0.3, -0.25) is 0 Å². The molecule has 1 nitrogen and oxygen atoms in total. The zero-order valence-corrected chi connectivity index (χ0v) is 11.9. The predicted octanol–water partition coefficient (Wildman–Crippen LogP) is 4.62. The Morgan fingerprint density at radius 3 is 2.29 bits per heavy atom. The first-order valence-corrected chi connectivity index (χ1v) is 6.70. The second-order valence-electron chi connectivity index (χ2n) is 4.22. The van der Waals surface area contributed by atoms with E-state index >= 15 is 0 Å². The third kappa shape index (κ3) is 4.88. The Labute approximate surface area is 113 Å². The average molecular weight is 294 g/mol. The predicted molar refractivity (Wildman–Crippen MR) is 79.1 cm³/mol. The van der Waals surface area contributed by atoms with Crippen LogP contribution in [0.15, 0.2) is 54.0 Å².